The highest BCUT2D eigenvalue weighted by Gasteiger charge is 2.49. The number of phenols is 2. The lowest BCUT2D eigenvalue weighted by Crippen LogP contribution is -2.39. The Morgan fingerprint density at radius 2 is 0.893 bits per heavy atom. The average molecular weight is 385 g/mol. The lowest BCUT2D eigenvalue weighted by molar-refractivity contribution is 0.404. The Hall–Kier alpha value is -3.09. The van der Waals surface area contributed by atoms with Gasteiger partial charge in [0.15, 0.2) is 11.5 Å². The molecule has 0 aliphatic heterocycles. The van der Waals surface area contributed by atoms with Crippen molar-refractivity contribution in [3.63, 3.8) is 0 Å². The largest absolute Gasteiger partial charge is 0.504 e. The van der Waals surface area contributed by atoms with E-state index in [1.165, 1.54) is 15.9 Å². The number of benzene rings is 4. The third-order valence-electron chi connectivity index (χ3n) is 5.08. The fourth-order valence-electron chi connectivity index (χ4n) is 3.85. The first kappa shape index (κ1) is 18.3. The van der Waals surface area contributed by atoms with Crippen molar-refractivity contribution < 1.29 is 10.2 Å². The van der Waals surface area contributed by atoms with Gasteiger partial charge in [-0.1, -0.05) is 54.6 Å². The van der Waals surface area contributed by atoms with E-state index in [2.05, 4.69) is 72.8 Å². The summed E-state index contributed by atoms with van der Waals surface area (Å²) in [5.41, 5.74) is 0.959. The third kappa shape index (κ3) is 2.96. The van der Waals surface area contributed by atoms with Gasteiger partial charge >= 0.3 is 0 Å². The zero-order chi connectivity index (χ0) is 19.6. The highest BCUT2D eigenvalue weighted by atomic mass is 31.2. The second-order valence-corrected chi connectivity index (χ2v) is 10.2. The van der Waals surface area contributed by atoms with Crippen molar-refractivity contribution in [3.05, 3.63) is 109 Å². The second-order valence-electron chi connectivity index (χ2n) is 6.80. The van der Waals surface area contributed by atoms with Gasteiger partial charge in [-0.15, -0.1) is 0 Å². The van der Waals surface area contributed by atoms with Crippen LogP contribution in [0.5, 0.6) is 11.5 Å². The summed E-state index contributed by atoms with van der Waals surface area (Å²) < 4.78 is 0. The lowest BCUT2D eigenvalue weighted by atomic mass is 10.2. The summed E-state index contributed by atoms with van der Waals surface area (Å²) in [6.45, 7) is 2.00. The molecule has 0 fully saturated rings. The molecule has 138 valence electrons. The smallest absolute Gasteiger partial charge is 0.161 e. The predicted octanol–water partition coefficient (Wildman–Crippen LogP) is 4.03. The van der Waals surface area contributed by atoms with Gasteiger partial charge in [-0.3, -0.25) is 0 Å². The van der Waals surface area contributed by atoms with Crippen molar-refractivity contribution in [2.75, 3.05) is 0 Å². The van der Waals surface area contributed by atoms with Crippen LogP contribution >= 0.6 is 7.26 Å². The first-order valence-electron chi connectivity index (χ1n) is 9.23. The van der Waals surface area contributed by atoms with Crippen molar-refractivity contribution in [1.82, 2.24) is 0 Å². The molecule has 3 heteroatoms. The van der Waals surface area contributed by atoms with Crippen LogP contribution in [0.3, 0.4) is 0 Å². The normalized spacial score (nSPS) is 11.3. The molecule has 0 spiro atoms. The lowest BCUT2D eigenvalue weighted by Gasteiger charge is -2.29. The first-order valence-corrected chi connectivity index (χ1v) is 11.0. The molecule has 0 unspecified atom stereocenters. The molecule has 0 aliphatic rings. The molecular formula is C25H22O2P+. The van der Waals surface area contributed by atoms with Gasteiger partial charge in [0.2, 0.25) is 0 Å². The monoisotopic (exact) mass is 385 g/mol. The van der Waals surface area contributed by atoms with E-state index in [0.717, 1.165) is 10.9 Å². The van der Waals surface area contributed by atoms with Gasteiger partial charge in [0, 0.05) is 6.07 Å². The maximum atomic E-state index is 10.4. The first-order chi connectivity index (χ1) is 13.6. The Kier molecular flexibility index (Phi) is 4.90. The van der Waals surface area contributed by atoms with E-state index in [0.29, 0.717) is 0 Å². The molecule has 0 radical (unpaired) electrons. The summed E-state index contributed by atoms with van der Waals surface area (Å²) in [5, 5.41) is 25.1. The van der Waals surface area contributed by atoms with Crippen LogP contribution in [0.2, 0.25) is 0 Å². The van der Waals surface area contributed by atoms with E-state index in [4.69, 9.17) is 0 Å². The van der Waals surface area contributed by atoms with Gasteiger partial charge in [-0.25, -0.2) is 0 Å². The molecule has 0 atom stereocenters. The summed E-state index contributed by atoms with van der Waals surface area (Å²) >= 11 is 0. The Morgan fingerprint density at radius 1 is 0.536 bits per heavy atom. The molecule has 2 N–H and O–H groups in total. The number of aromatic hydroxyl groups is 2. The fourth-order valence-corrected chi connectivity index (χ4v) is 8.35. The van der Waals surface area contributed by atoms with Crippen molar-refractivity contribution in [3.8, 4) is 11.5 Å². The van der Waals surface area contributed by atoms with Crippen LogP contribution in [0, 0.1) is 6.92 Å². The molecule has 0 aliphatic carbocycles. The number of phenolic OH excluding ortho intramolecular Hbond substituents is 2. The summed E-state index contributed by atoms with van der Waals surface area (Å²) in [6, 6.07) is 34.8. The SMILES string of the molecule is Cc1cc(O)c(O)cc1[P+](c1ccccc1)(c1ccccc1)c1ccccc1. The average Bonchev–Trinajstić information content (AvgIpc) is 2.75. The minimum Gasteiger partial charge on any atom is -0.504 e. The summed E-state index contributed by atoms with van der Waals surface area (Å²) in [5.74, 6) is -0.179. The number of rotatable bonds is 4. The van der Waals surface area contributed by atoms with Crippen LogP contribution in [0.1, 0.15) is 5.56 Å². The maximum absolute atomic E-state index is 10.4. The van der Waals surface area contributed by atoms with E-state index in [1.54, 1.807) is 12.1 Å². The Labute approximate surface area is 166 Å². The van der Waals surface area contributed by atoms with E-state index in [9.17, 15) is 10.2 Å². The molecule has 0 bridgehead atoms. The van der Waals surface area contributed by atoms with E-state index < -0.39 is 7.26 Å². The van der Waals surface area contributed by atoms with Crippen LogP contribution in [0.15, 0.2) is 103 Å². The van der Waals surface area contributed by atoms with Gasteiger partial charge in [-0.05, 0) is 55.0 Å². The third-order valence-corrected chi connectivity index (χ3v) is 9.51. The molecule has 0 aromatic heterocycles. The molecule has 28 heavy (non-hydrogen) atoms. The summed E-state index contributed by atoms with van der Waals surface area (Å²) in [4.78, 5) is 0. The van der Waals surface area contributed by atoms with Crippen molar-refractivity contribution in [1.29, 1.82) is 0 Å². The number of hydrogen-bond acceptors (Lipinski definition) is 2. The summed E-state index contributed by atoms with van der Waals surface area (Å²) in [7, 11) is -2.26. The zero-order valence-corrected chi connectivity index (χ0v) is 16.6. The van der Waals surface area contributed by atoms with Crippen LogP contribution in [0.25, 0.3) is 0 Å². The van der Waals surface area contributed by atoms with Crippen LogP contribution < -0.4 is 21.2 Å². The maximum Gasteiger partial charge on any atom is 0.161 e. The molecule has 0 amide bonds. The van der Waals surface area contributed by atoms with E-state index in [1.807, 2.05) is 25.1 Å². The minimum atomic E-state index is -2.26. The number of hydrogen-bond donors (Lipinski definition) is 2. The van der Waals surface area contributed by atoms with Gasteiger partial charge in [-0.2, -0.15) is 0 Å². The van der Waals surface area contributed by atoms with Gasteiger partial charge in [0.1, 0.15) is 28.5 Å². The molecule has 4 aromatic rings. The van der Waals surface area contributed by atoms with E-state index in [-0.39, 0.29) is 11.5 Å². The second kappa shape index (κ2) is 7.50. The molecule has 0 saturated heterocycles. The Balaban J connectivity index is 2.19. The van der Waals surface area contributed by atoms with Gasteiger partial charge in [0.05, 0.1) is 0 Å². The van der Waals surface area contributed by atoms with Gasteiger partial charge in [0.25, 0.3) is 0 Å². The Bertz CT molecular complexity index is 981. The standard InChI is InChI=1S/C25H21O2P/c1-19-17-23(26)24(27)18-25(19)28(20-11-5-2-6-12-20,21-13-7-3-8-14-21)22-15-9-4-10-16-22/h2-18H,1H3,(H-,26,27)/p+1. The molecule has 0 saturated carbocycles. The van der Waals surface area contributed by atoms with Gasteiger partial charge < -0.3 is 10.2 Å². The molecule has 0 heterocycles. The van der Waals surface area contributed by atoms with Crippen LogP contribution in [0.4, 0.5) is 0 Å². The zero-order valence-electron chi connectivity index (χ0n) is 15.7. The molecular weight excluding hydrogens is 363 g/mol. The van der Waals surface area contributed by atoms with Crippen molar-refractivity contribution in [2.24, 2.45) is 0 Å². The van der Waals surface area contributed by atoms with Crippen LogP contribution in [-0.4, -0.2) is 10.2 Å². The minimum absolute atomic E-state index is 0.0893. The fraction of sp³-hybridized carbons (Fsp3) is 0.0400. The highest BCUT2D eigenvalue weighted by molar-refractivity contribution is 8.01. The van der Waals surface area contributed by atoms with Crippen molar-refractivity contribution in [2.45, 2.75) is 6.92 Å². The summed E-state index contributed by atoms with van der Waals surface area (Å²) in [6.07, 6.45) is 0. The molecule has 2 nitrogen and oxygen atoms in total. The number of aryl methyl sites for hydroxylation is 1. The van der Waals surface area contributed by atoms with Crippen LogP contribution in [-0.2, 0) is 0 Å². The Morgan fingerprint density at radius 3 is 1.29 bits per heavy atom. The predicted molar refractivity (Wildman–Crippen MR) is 119 cm³/mol. The van der Waals surface area contributed by atoms with E-state index >= 15 is 0 Å². The molecule has 4 aromatic carbocycles. The highest BCUT2D eigenvalue weighted by Crippen LogP contribution is 2.55. The van der Waals surface area contributed by atoms with Crippen molar-refractivity contribution >= 4 is 28.5 Å². The molecule has 4 rings (SSSR count). The topological polar surface area (TPSA) is 40.5 Å². The quantitative estimate of drug-likeness (QED) is 0.411.